The van der Waals surface area contributed by atoms with Crippen LogP contribution in [0.5, 0.6) is 0 Å². The van der Waals surface area contributed by atoms with Crippen LogP contribution in [0.3, 0.4) is 0 Å². The number of hydrogen-bond donors (Lipinski definition) is 1. The Morgan fingerprint density at radius 1 is 1.53 bits per heavy atom. The lowest BCUT2D eigenvalue weighted by atomic mass is 10.1. The van der Waals surface area contributed by atoms with Crippen LogP contribution in [0.25, 0.3) is 0 Å². The fourth-order valence-electron chi connectivity index (χ4n) is 1.96. The molecule has 15 heavy (non-hydrogen) atoms. The van der Waals surface area contributed by atoms with E-state index in [1.165, 1.54) is 6.42 Å². The summed E-state index contributed by atoms with van der Waals surface area (Å²) in [6, 6.07) is 4.44. The van der Waals surface area contributed by atoms with E-state index in [2.05, 4.69) is 31.9 Å². The third-order valence-corrected chi connectivity index (χ3v) is 3.19. The summed E-state index contributed by atoms with van der Waals surface area (Å²) in [5, 5.41) is 0. The second-order valence-corrected chi connectivity index (χ2v) is 5.02. The second-order valence-electron chi connectivity index (χ2n) is 4.11. The van der Waals surface area contributed by atoms with Gasteiger partial charge in [0, 0.05) is 29.8 Å². The lowest BCUT2D eigenvalue weighted by Gasteiger charge is -2.30. The SMILES string of the molecule is NC1CCCN(Cc2ccc(Br)cn2)C1. The molecule has 2 heterocycles. The Hall–Kier alpha value is -0.450. The molecular formula is C11H16BrN3. The highest BCUT2D eigenvalue weighted by Gasteiger charge is 2.16. The third-order valence-electron chi connectivity index (χ3n) is 2.72. The average Bonchev–Trinajstić information content (AvgIpc) is 2.22. The van der Waals surface area contributed by atoms with Crippen molar-refractivity contribution in [2.45, 2.75) is 25.4 Å². The molecule has 4 heteroatoms. The number of halogens is 1. The number of piperidine rings is 1. The molecule has 0 amide bonds. The molecule has 82 valence electrons. The topological polar surface area (TPSA) is 42.1 Å². The summed E-state index contributed by atoms with van der Waals surface area (Å²) in [5.41, 5.74) is 7.05. The highest BCUT2D eigenvalue weighted by molar-refractivity contribution is 9.10. The minimum atomic E-state index is 0.342. The van der Waals surface area contributed by atoms with Gasteiger partial charge in [-0.2, -0.15) is 0 Å². The van der Waals surface area contributed by atoms with Gasteiger partial charge in [0.15, 0.2) is 0 Å². The van der Waals surface area contributed by atoms with E-state index < -0.39 is 0 Å². The first-order valence-corrected chi connectivity index (χ1v) is 6.12. The van der Waals surface area contributed by atoms with Crippen LogP contribution in [0.2, 0.25) is 0 Å². The van der Waals surface area contributed by atoms with Gasteiger partial charge in [-0.1, -0.05) is 0 Å². The standard InChI is InChI=1S/C11H16BrN3/c12-9-3-4-11(14-6-9)8-15-5-1-2-10(13)7-15/h3-4,6,10H,1-2,5,7-8,13H2. The summed E-state index contributed by atoms with van der Waals surface area (Å²) < 4.78 is 1.03. The van der Waals surface area contributed by atoms with Gasteiger partial charge in [0.2, 0.25) is 0 Å². The van der Waals surface area contributed by atoms with Gasteiger partial charge in [-0.05, 0) is 47.4 Å². The Kier molecular flexibility index (Phi) is 3.72. The number of hydrogen-bond acceptors (Lipinski definition) is 3. The molecule has 0 spiro atoms. The number of nitrogens with two attached hydrogens (primary N) is 1. The average molecular weight is 270 g/mol. The van der Waals surface area contributed by atoms with Crippen LogP contribution in [0, 0.1) is 0 Å². The Bertz CT molecular complexity index is 312. The van der Waals surface area contributed by atoms with E-state index in [4.69, 9.17) is 5.73 Å². The fourth-order valence-corrected chi connectivity index (χ4v) is 2.20. The lowest BCUT2D eigenvalue weighted by molar-refractivity contribution is 0.199. The quantitative estimate of drug-likeness (QED) is 0.890. The molecule has 1 fully saturated rings. The number of likely N-dealkylation sites (tertiary alicyclic amines) is 1. The minimum Gasteiger partial charge on any atom is -0.327 e. The van der Waals surface area contributed by atoms with Gasteiger partial charge in [-0.15, -0.1) is 0 Å². The summed E-state index contributed by atoms with van der Waals surface area (Å²) in [4.78, 5) is 6.75. The van der Waals surface area contributed by atoms with Crippen LogP contribution in [0.15, 0.2) is 22.8 Å². The predicted octanol–water partition coefficient (Wildman–Crippen LogP) is 1.77. The molecule has 0 saturated carbocycles. The van der Waals surface area contributed by atoms with Crippen molar-refractivity contribution in [1.29, 1.82) is 0 Å². The fraction of sp³-hybridized carbons (Fsp3) is 0.545. The highest BCUT2D eigenvalue weighted by atomic mass is 79.9. The van der Waals surface area contributed by atoms with Gasteiger partial charge in [-0.3, -0.25) is 9.88 Å². The number of aromatic nitrogens is 1. The van der Waals surface area contributed by atoms with Crippen LogP contribution in [-0.4, -0.2) is 29.0 Å². The zero-order chi connectivity index (χ0) is 10.7. The van der Waals surface area contributed by atoms with Crippen molar-refractivity contribution < 1.29 is 0 Å². The van der Waals surface area contributed by atoms with Crippen LogP contribution < -0.4 is 5.73 Å². The zero-order valence-corrected chi connectivity index (χ0v) is 10.3. The Labute approximate surface area is 98.8 Å². The van der Waals surface area contributed by atoms with E-state index in [1.807, 2.05) is 12.3 Å². The van der Waals surface area contributed by atoms with Gasteiger partial charge >= 0.3 is 0 Å². The van der Waals surface area contributed by atoms with Crippen LogP contribution in [-0.2, 0) is 6.54 Å². The molecule has 0 radical (unpaired) electrons. The van der Waals surface area contributed by atoms with Crippen molar-refractivity contribution in [2.24, 2.45) is 5.73 Å². The number of nitrogens with zero attached hydrogens (tertiary/aromatic N) is 2. The van der Waals surface area contributed by atoms with E-state index in [-0.39, 0.29) is 0 Å². The van der Waals surface area contributed by atoms with Gasteiger partial charge in [0.25, 0.3) is 0 Å². The molecular weight excluding hydrogens is 254 g/mol. The lowest BCUT2D eigenvalue weighted by Crippen LogP contribution is -2.42. The Morgan fingerprint density at radius 3 is 3.07 bits per heavy atom. The molecule has 0 aromatic carbocycles. The molecule has 1 aliphatic rings. The normalized spacial score (nSPS) is 22.9. The Morgan fingerprint density at radius 2 is 2.40 bits per heavy atom. The Balaban J connectivity index is 1.93. The van der Waals surface area contributed by atoms with E-state index in [0.717, 1.165) is 36.2 Å². The molecule has 1 atom stereocenters. The van der Waals surface area contributed by atoms with Crippen molar-refractivity contribution in [2.75, 3.05) is 13.1 Å². The second kappa shape index (κ2) is 5.05. The molecule has 3 nitrogen and oxygen atoms in total. The first-order chi connectivity index (χ1) is 7.24. The van der Waals surface area contributed by atoms with Gasteiger partial charge in [0.1, 0.15) is 0 Å². The summed E-state index contributed by atoms with van der Waals surface area (Å²) in [5.74, 6) is 0. The summed E-state index contributed by atoms with van der Waals surface area (Å²) in [7, 11) is 0. The van der Waals surface area contributed by atoms with Crippen LogP contribution >= 0.6 is 15.9 Å². The molecule has 2 rings (SSSR count). The van der Waals surface area contributed by atoms with Gasteiger partial charge in [-0.25, -0.2) is 0 Å². The summed E-state index contributed by atoms with van der Waals surface area (Å²) >= 11 is 3.38. The molecule has 1 saturated heterocycles. The molecule has 2 N–H and O–H groups in total. The van der Waals surface area contributed by atoms with Crippen molar-refractivity contribution in [3.63, 3.8) is 0 Å². The monoisotopic (exact) mass is 269 g/mol. The maximum Gasteiger partial charge on any atom is 0.0544 e. The van der Waals surface area contributed by atoms with E-state index in [9.17, 15) is 0 Å². The molecule has 1 aromatic heterocycles. The van der Waals surface area contributed by atoms with E-state index in [1.54, 1.807) is 0 Å². The van der Waals surface area contributed by atoms with Crippen molar-refractivity contribution in [1.82, 2.24) is 9.88 Å². The maximum atomic E-state index is 5.93. The van der Waals surface area contributed by atoms with E-state index >= 15 is 0 Å². The first-order valence-electron chi connectivity index (χ1n) is 5.32. The van der Waals surface area contributed by atoms with Crippen molar-refractivity contribution in [3.05, 3.63) is 28.5 Å². The van der Waals surface area contributed by atoms with Gasteiger partial charge in [0.05, 0.1) is 5.69 Å². The van der Waals surface area contributed by atoms with Crippen LogP contribution in [0.1, 0.15) is 18.5 Å². The van der Waals surface area contributed by atoms with E-state index in [0.29, 0.717) is 6.04 Å². The smallest absolute Gasteiger partial charge is 0.0544 e. The predicted molar refractivity (Wildman–Crippen MR) is 64.4 cm³/mol. The number of pyridine rings is 1. The maximum absolute atomic E-state index is 5.93. The van der Waals surface area contributed by atoms with Crippen LogP contribution in [0.4, 0.5) is 0 Å². The largest absolute Gasteiger partial charge is 0.327 e. The summed E-state index contributed by atoms with van der Waals surface area (Å²) in [6.45, 7) is 3.06. The highest BCUT2D eigenvalue weighted by Crippen LogP contribution is 2.13. The van der Waals surface area contributed by atoms with Gasteiger partial charge < -0.3 is 5.73 Å². The number of rotatable bonds is 2. The molecule has 0 aliphatic carbocycles. The zero-order valence-electron chi connectivity index (χ0n) is 8.69. The summed E-state index contributed by atoms with van der Waals surface area (Å²) in [6.07, 6.45) is 4.21. The first kappa shape index (κ1) is 11.0. The molecule has 0 bridgehead atoms. The third kappa shape index (κ3) is 3.26. The molecule has 1 aliphatic heterocycles. The molecule has 1 unspecified atom stereocenters. The molecule has 1 aromatic rings. The van der Waals surface area contributed by atoms with Crippen molar-refractivity contribution >= 4 is 15.9 Å². The minimum absolute atomic E-state index is 0.342. The van der Waals surface area contributed by atoms with Crippen molar-refractivity contribution in [3.8, 4) is 0 Å².